The van der Waals surface area contributed by atoms with Crippen molar-refractivity contribution in [3.8, 4) is 17.2 Å². The number of hydrogen-bond acceptors (Lipinski definition) is 6. The van der Waals surface area contributed by atoms with Crippen molar-refractivity contribution < 1.29 is 23.8 Å². The summed E-state index contributed by atoms with van der Waals surface area (Å²) in [6.07, 6.45) is 1.57. The minimum Gasteiger partial charge on any atom is -0.497 e. The highest BCUT2D eigenvalue weighted by atomic mass is 16.5. The molecule has 0 saturated heterocycles. The minimum absolute atomic E-state index is 0.0104. The first-order valence-corrected chi connectivity index (χ1v) is 10.7. The van der Waals surface area contributed by atoms with Crippen molar-refractivity contribution in [1.29, 1.82) is 0 Å². The number of nitrogens with zero attached hydrogens (tertiary/aromatic N) is 1. The number of methoxy groups -OCH3 is 2. The van der Waals surface area contributed by atoms with Gasteiger partial charge in [0.25, 0.3) is 0 Å². The molecular formula is C26H27N3O5. The third-order valence-electron chi connectivity index (χ3n) is 4.81. The number of nitrogens with one attached hydrogen (secondary N) is 2. The Morgan fingerprint density at radius 3 is 2.21 bits per heavy atom. The summed E-state index contributed by atoms with van der Waals surface area (Å²) in [5.74, 6) is 1.44. The summed E-state index contributed by atoms with van der Waals surface area (Å²) in [7, 11) is 3.16. The first-order valence-electron chi connectivity index (χ1n) is 10.7. The topological polar surface area (TPSA) is 98.3 Å². The maximum Gasteiger partial charge on any atom is 0.240 e. The molecule has 0 aliphatic heterocycles. The summed E-state index contributed by atoms with van der Waals surface area (Å²) in [5, 5.41) is 6.67. The number of para-hydroxylation sites is 2. The molecule has 2 N–H and O–H groups in total. The predicted octanol–water partition coefficient (Wildman–Crippen LogP) is 4.15. The molecule has 0 aliphatic carbocycles. The second-order valence-corrected chi connectivity index (χ2v) is 7.25. The quantitative estimate of drug-likeness (QED) is 0.330. The van der Waals surface area contributed by atoms with Crippen LogP contribution in [-0.4, -0.2) is 32.2 Å². The maximum absolute atomic E-state index is 12.1. The van der Waals surface area contributed by atoms with Crippen molar-refractivity contribution in [3.05, 3.63) is 83.9 Å². The Kier molecular flexibility index (Phi) is 9.04. The van der Waals surface area contributed by atoms with Crippen LogP contribution in [0.2, 0.25) is 0 Å². The lowest BCUT2D eigenvalue weighted by molar-refractivity contribution is -0.124. The van der Waals surface area contributed by atoms with E-state index in [1.807, 2.05) is 54.6 Å². The van der Waals surface area contributed by atoms with E-state index in [1.165, 1.54) is 13.3 Å². The van der Waals surface area contributed by atoms with E-state index >= 15 is 0 Å². The van der Waals surface area contributed by atoms with E-state index in [9.17, 15) is 9.59 Å². The highest BCUT2D eigenvalue weighted by Gasteiger charge is 2.09. The lowest BCUT2D eigenvalue weighted by Gasteiger charge is -2.09. The van der Waals surface area contributed by atoms with Crippen molar-refractivity contribution in [3.63, 3.8) is 0 Å². The number of carbonyl (C=O) groups is 2. The van der Waals surface area contributed by atoms with Gasteiger partial charge in [-0.15, -0.1) is 0 Å². The van der Waals surface area contributed by atoms with Crippen LogP contribution in [0, 0.1) is 0 Å². The van der Waals surface area contributed by atoms with Gasteiger partial charge in [0, 0.05) is 12.8 Å². The number of ether oxygens (including phenoxy) is 3. The van der Waals surface area contributed by atoms with E-state index in [4.69, 9.17) is 14.2 Å². The third kappa shape index (κ3) is 7.67. The lowest BCUT2D eigenvalue weighted by atomic mass is 10.2. The van der Waals surface area contributed by atoms with E-state index in [-0.39, 0.29) is 24.7 Å². The molecule has 0 unspecified atom stereocenters. The maximum atomic E-state index is 12.1. The van der Waals surface area contributed by atoms with Crippen molar-refractivity contribution in [2.45, 2.75) is 19.4 Å². The van der Waals surface area contributed by atoms with Gasteiger partial charge in [0.15, 0.2) is 0 Å². The molecule has 176 valence electrons. The average Bonchev–Trinajstić information content (AvgIpc) is 2.87. The van der Waals surface area contributed by atoms with Crippen molar-refractivity contribution >= 4 is 23.7 Å². The molecule has 0 saturated carbocycles. The molecule has 34 heavy (non-hydrogen) atoms. The SMILES string of the molecule is COc1ccc(COc2ccc(C=NNC(=O)CCC(=O)Nc3ccccc3OC)cc2)cc1. The van der Waals surface area contributed by atoms with Crippen LogP contribution in [0.5, 0.6) is 17.2 Å². The van der Waals surface area contributed by atoms with Gasteiger partial charge in [-0.25, -0.2) is 5.43 Å². The smallest absolute Gasteiger partial charge is 0.240 e. The summed E-state index contributed by atoms with van der Waals surface area (Å²) in [5.41, 5.74) is 4.82. The second-order valence-electron chi connectivity index (χ2n) is 7.25. The van der Waals surface area contributed by atoms with E-state index in [0.29, 0.717) is 18.0 Å². The van der Waals surface area contributed by atoms with Crippen LogP contribution >= 0.6 is 0 Å². The van der Waals surface area contributed by atoms with Crippen LogP contribution in [0.4, 0.5) is 5.69 Å². The zero-order valence-electron chi connectivity index (χ0n) is 19.1. The third-order valence-corrected chi connectivity index (χ3v) is 4.81. The van der Waals surface area contributed by atoms with Crippen LogP contribution in [0.25, 0.3) is 0 Å². The van der Waals surface area contributed by atoms with Crippen LogP contribution < -0.4 is 25.0 Å². The lowest BCUT2D eigenvalue weighted by Crippen LogP contribution is -2.20. The number of hydrogen-bond donors (Lipinski definition) is 2. The van der Waals surface area contributed by atoms with Gasteiger partial charge in [0.05, 0.1) is 26.1 Å². The minimum atomic E-state index is -0.356. The average molecular weight is 462 g/mol. The molecule has 0 radical (unpaired) electrons. The van der Waals surface area contributed by atoms with Gasteiger partial charge < -0.3 is 19.5 Å². The highest BCUT2D eigenvalue weighted by Crippen LogP contribution is 2.23. The fourth-order valence-electron chi connectivity index (χ4n) is 2.96. The van der Waals surface area contributed by atoms with Crippen LogP contribution in [0.1, 0.15) is 24.0 Å². The first-order chi connectivity index (χ1) is 16.6. The molecule has 3 rings (SSSR count). The molecule has 0 aromatic heterocycles. The Hall–Kier alpha value is -4.33. The standard InChI is InChI=1S/C26H27N3O5/c1-32-21-11-9-20(10-12-21)18-34-22-13-7-19(8-14-22)17-27-29-26(31)16-15-25(30)28-23-5-3-4-6-24(23)33-2/h3-14,17H,15-16,18H2,1-2H3,(H,28,30)(H,29,31). The number of amides is 2. The second kappa shape index (κ2) is 12.6. The van der Waals surface area contributed by atoms with Gasteiger partial charge in [-0.05, 0) is 59.7 Å². The van der Waals surface area contributed by atoms with Crippen LogP contribution in [0.3, 0.4) is 0 Å². The molecule has 0 bridgehead atoms. The summed E-state index contributed by atoms with van der Waals surface area (Å²) < 4.78 is 16.1. The summed E-state index contributed by atoms with van der Waals surface area (Å²) in [4.78, 5) is 24.1. The molecular weight excluding hydrogens is 434 g/mol. The highest BCUT2D eigenvalue weighted by molar-refractivity contribution is 5.94. The van der Waals surface area contributed by atoms with Gasteiger partial charge in [-0.3, -0.25) is 9.59 Å². The fourth-order valence-corrected chi connectivity index (χ4v) is 2.96. The van der Waals surface area contributed by atoms with E-state index in [2.05, 4.69) is 15.8 Å². The Balaban J connectivity index is 1.38. The normalized spacial score (nSPS) is 10.5. The molecule has 0 fully saturated rings. The zero-order valence-corrected chi connectivity index (χ0v) is 19.1. The Morgan fingerprint density at radius 2 is 1.50 bits per heavy atom. The van der Waals surface area contributed by atoms with Crippen LogP contribution in [-0.2, 0) is 16.2 Å². The molecule has 3 aromatic carbocycles. The molecule has 8 heteroatoms. The van der Waals surface area contributed by atoms with E-state index in [0.717, 1.165) is 22.6 Å². The fraction of sp³-hybridized carbons (Fsp3) is 0.192. The molecule has 8 nitrogen and oxygen atoms in total. The van der Waals surface area contributed by atoms with Crippen molar-refractivity contribution in [2.24, 2.45) is 5.10 Å². The number of hydrazone groups is 1. The molecule has 0 atom stereocenters. The monoisotopic (exact) mass is 461 g/mol. The molecule has 2 amide bonds. The van der Waals surface area contributed by atoms with Gasteiger partial charge in [-0.1, -0.05) is 24.3 Å². The molecule has 0 spiro atoms. The summed E-state index contributed by atoms with van der Waals surface area (Å²) >= 11 is 0. The van der Waals surface area contributed by atoms with E-state index in [1.54, 1.807) is 25.3 Å². The summed E-state index contributed by atoms with van der Waals surface area (Å²) in [6, 6.07) is 22.1. The Labute approximate surface area is 198 Å². The number of benzene rings is 3. The Bertz CT molecular complexity index is 1110. The molecule has 0 heterocycles. The summed E-state index contributed by atoms with van der Waals surface area (Å²) in [6.45, 7) is 0.443. The van der Waals surface area contributed by atoms with Crippen molar-refractivity contribution in [2.75, 3.05) is 19.5 Å². The van der Waals surface area contributed by atoms with Gasteiger partial charge in [0.1, 0.15) is 23.9 Å². The largest absolute Gasteiger partial charge is 0.497 e. The van der Waals surface area contributed by atoms with Gasteiger partial charge in [0.2, 0.25) is 11.8 Å². The molecule has 3 aromatic rings. The van der Waals surface area contributed by atoms with Crippen LogP contribution in [0.15, 0.2) is 77.9 Å². The van der Waals surface area contributed by atoms with E-state index < -0.39 is 0 Å². The zero-order chi connectivity index (χ0) is 24.2. The Morgan fingerprint density at radius 1 is 0.824 bits per heavy atom. The number of rotatable bonds is 11. The predicted molar refractivity (Wildman–Crippen MR) is 130 cm³/mol. The van der Waals surface area contributed by atoms with Crippen molar-refractivity contribution in [1.82, 2.24) is 5.43 Å². The van der Waals surface area contributed by atoms with Gasteiger partial charge in [-0.2, -0.15) is 5.10 Å². The first kappa shape index (κ1) is 24.3. The number of anilines is 1. The molecule has 0 aliphatic rings. The van der Waals surface area contributed by atoms with Gasteiger partial charge >= 0.3 is 0 Å². The number of carbonyl (C=O) groups excluding carboxylic acids is 2.